The summed E-state index contributed by atoms with van der Waals surface area (Å²) in [4.78, 5) is 0. The fourth-order valence-electron chi connectivity index (χ4n) is 2.29. The highest BCUT2D eigenvalue weighted by Crippen LogP contribution is 2.35. The van der Waals surface area contributed by atoms with Gasteiger partial charge in [0, 0.05) is 0 Å². The molecule has 0 bridgehead atoms. The average Bonchev–Trinajstić information content (AvgIpc) is 1.83. The van der Waals surface area contributed by atoms with E-state index in [-0.39, 0.29) is 0 Å². The minimum atomic E-state index is -0.517. The Bertz CT molecular complexity index is 186. The van der Waals surface area contributed by atoms with Gasteiger partial charge in [-0.25, -0.2) is 0 Å². The van der Waals surface area contributed by atoms with Crippen molar-refractivity contribution < 1.29 is 5.11 Å². The first kappa shape index (κ1) is 9.79. The largest absolute Gasteiger partial charge is 0.390 e. The summed E-state index contributed by atoms with van der Waals surface area (Å²) < 4.78 is 0. The van der Waals surface area contributed by atoms with Crippen molar-refractivity contribution >= 4 is 0 Å². The van der Waals surface area contributed by atoms with E-state index in [2.05, 4.69) is 19.9 Å². The number of allylic oxidation sites excluding steroid dienone is 2. The first-order valence-corrected chi connectivity index (χ1v) is 4.81. The van der Waals surface area contributed by atoms with Crippen LogP contribution < -0.4 is 0 Å². The summed E-state index contributed by atoms with van der Waals surface area (Å²) in [5.41, 5.74) is 0.958. The molecule has 0 amide bonds. The second kappa shape index (κ2) is 3.21. The van der Waals surface area contributed by atoms with E-state index < -0.39 is 5.60 Å². The summed E-state index contributed by atoms with van der Waals surface area (Å²) >= 11 is 0. The highest BCUT2D eigenvalue weighted by Gasteiger charge is 2.32. The van der Waals surface area contributed by atoms with E-state index in [1.54, 1.807) is 0 Å². The van der Waals surface area contributed by atoms with Gasteiger partial charge in [-0.3, -0.25) is 0 Å². The Morgan fingerprint density at radius 2 is 2.08 bits per heavy atom. The normalized spacial score (nSPS) is 31.6. The molecule has 2 atom stereocenters. The third kappa shape index (κ3) is 2.10. The second-order valence-corrected chi connectivity index (χ2v) is 4.67. The van der Waals surface area contributed by atoms with Crippen LogP contribution in [0.25, 0.3) is 0 Å². The summed E-state index contributed by atoms with van der Waals surface area (Å²) in [5.74, 6) is 0.958. The summed E-state index contributed by atoms with van der Waals surface area (Å²) in [6, 6.07) is 0. The fraction of sp³-hybridized carbons (Fsp3) is 0.818. The summed E-state index contributed by atoms with van der Waals surface area (Å²) in [6.45, 7) is 8.22. The van der Waals surface area contributed by atoms with Crippen molar-refractivity contribution in [1.82, 2.24) is 0 Å². The van der Waals surface area contributed by atoms with Gasteiger partial charge >= 0.3 is 0 Å². The van der Waals surface area contributed by atoms with Crippen molar-refractivity contribution in [1.29, 1.82) is 0 Å². The first-order chi connectivity index (χ1) is 5.41. The lowest BCUT2D eigenvalue weighted by Crippen LogP contribution is -2.36. The molecule has 1 aliphatic rings. The molecule has 1 N–H and O–H groups in total. The maximum atomic E-state index is 9.87. The van der Waals surface area contributed by atoms with Crippen molar-refractivity contribution in [3.63, 3.8) is 0 Å². The van der Waals surface area contributed by atoms with Gasteiger partial charge in [-0.05, 0) is 45.4 Å². The topological polar surface area (TPSA) is 20.2 Å². The highest BCUT2D eigenvalue weighted by atomic mass is 16.3. The molecule has 1 nitrogen and oxygen atoms in total. The zero-order valence-corrected chi connectivity index (χ0v) is 8.59. The van der Waals surface area contributed by atoms with Crippen LogP contribution in [-0.4, -0.2) is 10.7 Å². The van der Waals surface area contributed by atoms with Crippen molar-refractivity contribution in [2.24, 2.45) is 11.8 Å². The van der Waals surface area contributed by atoms with Crippen molar-refractivity contribution in [2.75, 3.05) is 0 Å². The molecule has 1 unspecified atom stereocenters. The van der Waals surface area contributed by atoms with E-state index in [0.29, 0.717) is 11.8 Å². The molecule has 1 aliphatic carbocycles. The third-order valence-corrected chi connectivity index (χ3v) is 2.94. The van der Waals surface area contributed by atoms with Gasteiger partial charge in [0.2, 0.25) is 0 Å². The molecule has 0 aromatic rings. The Balaban J connectivity index is 2.72. The molecule has 0 aliphatic heterocycles. The van der Waals surface area contributed by atoms with Crippen molar-refractivity contribution in [3.8, 4) is 0 Å². The SMILES string of the molecule is CC1=C[C@H](C)C(C(C)(C)O)CC1. The van der Waals surface area contributed by atoms with Crippen LogP contribution in [-0.2, 0) is 0 Å². The molecule has 0 saturated carbocycles. The Hall–Kier alpha value is -0.300. The first-order valence-electron chi connectivity index (χ1n) is 4.81. The molecule has 0 saturated heterocycles. The number of rotatable bonds is 1. The van der Waals surface area contributed by atoms with Crippen LogP contribution in [0, 0.1) is 11.8 Å². The summed E-state index contributed by atoms with van der Waals surface area (Å²) in [5, 5.41) is 9.87. The Morgan fingerprint density at radius 1 is 1.50 bits per heavy atom. The van der Waals surface area contributed by atoms with Gasteiger partial charge in [-0.15, -0.1) is 0 Å². The highest BCUT2D eigenvalue weighted by molar-refractivity contribution is 5.08. The summed E-state index contributed by atoms with van der Waals surface area (Å²) in [7, 11) is 0. The smallest absolute Gasteiger partial charge is 0.0625 e. The minimum absolute atomic E-state index is 0.432. The molecule has 1 heteroatoms. The van der Waals surface area contributed by atoms with E-state index in [4.69, 9.17) is 0 Å². The number of aliphatic hydroxyl groups is 1. The quantitative estimate of drug-likeness (QED) is 0.597. The number of hydrogen-bond acceptors (Lipinski definition) is 1. The van der Waals surface area contributed by atoms with Gasteiger partial charge in [0.1, 0.15) is 0 Å². The molecule has 12 heavy (non-hydrogen) atoms. The molecule has 0 spiro atoms. The third-order valence-electron chi connectivity index (χ3n) is 2.94. The maximum Gasteiger partial charge on any atom is 0.0625 e. The van der Waals surface area contributed by atoms with Gasteiger partial charge < -0.3 is 5.11 Å². The van der Waals surface area contributed by atoms with Gasteiger partial charge in [0.25, 0.3) is 0 Å². The van der Waals surface area contributed by atoms with Crippen LogP contribution in [0.5, 0.6) is 0 Å². The molecule has 0 aromatic heterocycles. The van der Waals surface area contributed by atoms with E-state index in [9.17, 15) is 5.11 Å². The van der Waals surface area contributed by atoms with Gasteiger partial charge in [-0.1, -0.05) is 18.6 Å². The van der Waals surface area contributed by atoms with Gasteiger partial charge in [0.05, 0.1) is 5.60 Å². The van der Waals surface area contributed by atoms with E-state index >= 15 is 0 Å². The molecular formula is C11H20O. The fourth-order valence-corrected chi connectivity index (χ4v) is 2.29. The second-order valence-electron chi connectivity index (χ2n) is 4.67. The standard InChI is InChI=1S/C11H20O/c1-8-5-6-10(9(2)7-8)11(3,4)12/h7,9-10,12H,5-6H2,1-4H3/t9-,10?/m0/s1. The van der Waals surface area contributed by atoms with Crippen LogP contribution in [0.3, 0.4) is 0 Å². The predicted octanol–water partition coefficient (Wildman–Crippen LogP) is 2.75. The molecule has 0 heterocycles. The summed E-state index contributed by atoms with van der Waals surface area (Å²) in [6.07, 6.45) is 4.58. The minimum Gasteiger partial charge on any atom is -0.390 e. The van der Waals surface area contributed by atoms with Crippen LogP contribution in [0.2, 0.25) is 0 Å². The zero-order chi connectivity index (χ0) is 9.35. The van der Waals surface area contributed by atoms with E-state index in [1.165, 1.54) is 5.57 Å². The maximum absolute atomic E-state index is 9.87. The zero-order valence-electron chi connectivity index (χ0n) is 8.59. The molecule has 1 rings (SSSR count). The number of hydrogen-bond donors (Lipinski definition) is 1. The van der Waals surface area contributed by atoms with Crippen LogP contribution in [0.4, 0.5) is 0 Å². The average molecular weight is 168 g/mol. The van der Waals surface area contributed by atoms with E-state index in [1.807, 2.05) is 13.8 Å². The van der Waals surface area contributed by atoms with Crippen molar-refractivity contribution in [3.05, 3.63) is 11.6 Å². The van der Waals surface area contributed by atoms with E-state index in [0.717, 1.165) is 12.8 Å². The molecule has 0 fully saturated rings. The van der Waals surface area contributed by atoms with Crippen LogP contribution >= 0.6 is 0 Å². The Morgan fingerprint density at radius 3 is 2.50 bits per heavy atom. The lowest BCUT2D eigenvalue weighted by molar-refractivity contribution is -0.00491. The lowest BCUT2D eigenvalue weighted by atomic mass is 9.74. The molecular weight excluding hydrogens is 148 g/mol. The molecule has 70 valence electrons. The predicted molar refractivity (Wildman–Crippen MR) is 51.9 cm³/mol. The van der Waals surface area contributed by atoms with Gasteiger partial charge in [-0.2, -0.15) is 0 Å². The monoisotopic (exact) mass is 168 g/mol. The van der Waals surface area contributed by atoms with Crippen LogP contribution in [0.15, 0.2) is 11.6 Å². The molecule has 0 aromatic carbocycles. The Labute approximate surface area is 75.5 Å². The van der Waals surface area contributed by atoms with Gasteiger partial charge in [0.15, 0.2) is 0 Å². The lowest BCUT2D eigenvalue weighted by Gasteiger charge is -2.36. The molecule has 0 radical (unpaired) electrons. The van der Waals surface area contributed by atoms with Crippen molar-refractivity contribution in [2.45, 2.75) is 46.1 Å². The van der Waals surface area contributed by atoms with Crippen LogP contribution in [0.1, 0.15) is 40.5 Å². The Kier molecular flexibility index (Phi) is 2.62.